The van der Waals surface area contributed by atoms with E-state index in [-0.39, 0.29) is 24.1 Å². The van der Waals surface area contributed by atoms with Crippen LogP contribution in [0.25, 0.3) is 0 Å². The minimum absolute atomic E-state index is 0. The molecule has 0 atom stereocenters. The minimum atomic E-state index is -0.294. The first-order valence-corrected chi connectivity index (χ1v) is 7.04. The number of carbonyl (C=O) groups excluding carboxylic acids is 1. The molecule has 2 rings (SSSR count). The fourth-order valence-electron chi connectivity index (χ4n) is 2.45. The summed E-state index contributed by atoms with van der Waals surface area (Å²) in [5, 5.41) is 6.01. The van der Waals surface area contributed by atoms with E-state index in [9.17, 15) is 9.18 Å². The molecule has 0 spiro atoms. The van der Waals surface area contributed by atoms with Crippen molar-refractivity contribution in [2.45, 2.75) is 25.8 Å². The predicted molar refractivity (Wildman–Crippen MR) is 85.5 cm³/mol. The lowest BCUT2D eigenvalue weighted by Crippen LogP contribution is -2.44. The standard InChI is InChI=1S/C15H22FN3O.ClH/c1-11-3-4-13(9-14(11)16)18-15(20)10-19-7-5-12(17-2)6-8-19;/h3-4,9,12,17H,5-8,10H2,1-2H3,(H,18,20);1H. The average molecular weight is 316 g/mol. The Labute approximate surface area is 131 Å². The predicted octanol–water partition coefficient (Wildman–Crippen LogP) is 2.18. The molecule has 0 bridgehead atoms. The van der Waals surface area contributed by atoms with E-state index in [1.807, 2.05) is 7.05 Å². The van der Waals surface area contributed by atoms with Crippen LogP contribution in [0, 0.1) is 12.7 Å². The van der Waals surface area contributed by atoms with Gasteiger partial charge in [-0.15, -0.1) is 12.4 Å². The van der Waals surface area contributed by atoms with Gasteiger partial charge in [-0.3, -0.25) is 9.69 Å². The molecule has 118 valence electrons. The van der Waals surface area contributed by atoms with E-state index < -0.39 is 0 Å². The Hall–Kier alpha value is -1.17. The van der Waals surface area contributed by atoms with Crippen LogP contribution in [-0.2, 0) is 4.79 Å². The Morgan fingerprint density at radius 1 is 1.38 bits per heavy atom. The Balaban J connectivity index is 0.00000220. The Morgan fingerprint density at radius 3 is 2.62 bits per heavy atom. The van der Waals surface area contributed by atoms with Crippen molar-refractivity contribution in [3.05, 3.63) is 29.6 Å². The fourth-order valence-corrected chi connectivity index (χ4v) is 2.45. The van der Waals surface area contributed by atoms with Crippen LogP contribution in [-0.4, -0.2) is 43.5 Å². The summed E-state index contributed by atoms with van der Waals surface area (Å²) in [6, 6.07) is 5.31. The van der Waals surface area contributed by atoms with Gasteiger partial charge in [-0.1, -0.05) is 6.07 Å². The molecule has 1 saturated heterocycles. The number of aryl methyl sites for hydroxylation is 1. The van der Waals surface area contributed by atoms with E-state index in [4.69, 9.17) is 0 Å². The zero-order valence-corrected chi connectivity index (χ0v) is 13.3. The van der Waals surface area contributed by atoms with Gasteiger partial charge < -0.3 is 10.6 Å². The van der Waals surface area contributed by atoms with Crippen LogP contribution < -0.4 is 10.6 Å². The lowest BCUT2D eigenvalue weighted by Gasteiger charge is -2.31. The lowest BCUT2D eigenvalue weighted by atomic mass is 10.1. The average Bonchev–Trinajstić information content (AvgIpc) is 2.44. The van der Waals surface area contributed by atoms with Gasteiger partial charge in [0.15, 0.2) is 0 Å². The number of rotatable bonds is 4. The van der Waals surface area contributed by atoms with E-state index in [0.29, 0.717) is 23.8 Å². The lowest BCUT2D eigenvalue weighted by molar-refractivity contribution is -0.117. The molecule has 0 saturated carbocycles. The molecule has 1 aliphatic rings. The number of likely N-dealkylation sites (tertiary alicyclic amines) is 1. The molecule has 1 heterocycles. The molecule has 0 aliphatic carbocycles. The summed E-state index contributed by atoms with van der Waals surface area (Å²) in [6.07, 6.45) is 2.12. The van der Waals surface area contributed by atoms with E-state index in [1.54, 1.807) is 19.1 Å². The summed E-state index contributed by atoms with van der Waals surface area (Å²) in [5.74, 6) is -0.381. The van der Waals surface area contributed by atoms with Crippen molar-refractivity contribution in [1.29, 1.82) is 0 Å². The molecule has 1 fully saturated rings. The quantitative estimate of drug-likeness (QED) is 0.895. The van der Waals surface area contributed by atoms with Crippen molar-refractivity contribution in [2.24, 2.45) is 0 Å². The number of hydrogen-bond donors (Lipinski definition) is 2. The maximum absolute atomic E-state index is 13.4. The summed E-state index contributed by atoms with van der Waals surface area (Å²) in [6.45, 7) is 3.90. The van der Waals surface area contributed by atoms with Crippen molar-refractivity contribution < 1.29 is 9.18 Å². The SMILES string of the molecule is CNC1CCN(CC(=O)Nc2ccc(C)c(F)c2)CC1.Cl. The first-order valence-electron chi connectivity index (χ1n) is 7.04. The largest absolute Gasteiger partial charge is 0.325 e. The molecule has 1 aliphatic heterocycles. The second-order valence-electron chi connectivity index (χ2n) is 5.35. The minimum Gasteiger partial charge on any atom is -0.325 e. The zero-order valence-electron chi connectivity index (χ0n) is 12.5. The van der Waals surface area contributed by atoms with Crippen LogP contribution in [0.3, 0.4) is 0 Å². The summed E-state index contributed by atoms with van der Waals surface area (Å²) in [4.78, 5) is 14.1. The number of nitrogens with one attached hydrogen (secondary N) is 2. The summed E-state index contributed by atoms with van der Waals surface area (Å²) >= 11 is 0. The van der Waals surface area contributed by atoms with Gasteiger partial charge in [0, 0.05) is 24.8 Å². The number of nitrogens with zero attached hydrogens (tertiary/aromatic N) is 1. The fraction of sp³-hybridized carbons (Fsp3) is 0.533. The first kappa shape index (κ1) is 17.9. The van der Waals surface area contributed by atoms with E-state index in [0.717, 1.165) is 25.9 Å². The van der Waals surface area contributed by atoms with E-state index in [2.05, 4.69) is 15.5 Å². The second-order valence-corrected chi connectivity index (χ2v) is 5.35. The van der Waals surface area contributed by atoms with Crippen LogP contribution in [0.2, 0.25) is 0 Å². The van der Waals surface area contributed by atoms with E-state index in [1.165, 1.54) is 6.07 Å². The molecule has 1 aromatic carbocycles. The summed E-state index contributed by atoms with van der Waals surface area (Å²) in [5.41, 5.74) is 1.10. The van der Waals surface area contributed by atoms with Gasteiger partial charge in [-0.25, -0.2) is 4.39 Å². The van der Waals surface area contributed by atoms with Gasteiger partial charge in [0.1, 0.15) is 5.82 Å². The Bertz CT molecular complexity index is 476. The highest BCUT2D eigenvalue weighted by Crippen LogP contribution is 2.14. The highest BCUT2D eigenvalue weighted by molar-refractivity contribution is 5.92. The molecule has 0 aromatic heterocycles. The number of halogens is 2. The van der Waals surface area contributed by atoms with Gasteiger partial charge in [0.25, 0.3) is 0 Å². The van der Waals surface area contributed by atoms with Crippen molar-refractivity contribution in [3.8, 4) is 0 Å². The highest BCUT2D eigenvalue weighted by atomic mass is 35.5. The first-order chi connectivity index (χ1) is 9.58. The van der Waals surface area contributed by atoms with Crippen LogP contribution >= 0.6 is 12.4 Å². The number of piperidine rings is 1. The van der Waals surface area contributed by atoms with Crippen LogP contribution in [0.1, 0.15) is 18.4 Å². The van der Waals surface area contributed by atoms with Gasteiger partial charge in [0.2, 0.25) is 5.91 Å². The highest BCUT2D eigenvalue weighted by Gasteiger charge is 2.19. The molecule has 0 unspecified atom stereocenters. The third kappa shape index (κ3) is 5.26. The van der Waals surface area contributed by atoms with Gasteiger partial charge in [-0.2, -0.15) is 0 Å². The second kappa shape index (κ2) is 8.32. The van der Waals surface area contributed by atoms with Crippen molar-refractivity contribution in [3.63, 3.8) is 0 Å². The maximum Gasteiger partial charge on any atom is 0.238 e. The molecule has 1 aromatic rings. The molecule has 0 radical (unpaired) electrons. The topological polar surface area (TPSA) is 44.4 Å². The smallest absolute Gasteiger partial charge is 0.238 e. The number of anilines is 1. The monoisotopic (exact) mass is 315 g/mol. The molecular formula is C15H23ClFN3O. The van der Waals surface area contributed by atoms with Crippen molar-refractivity contribution >= 4 is 24.0 Å². The van der Waals surface area contributed by atoms with Gasteiger partial charge in [-0.05, 0) is 44.5 Å². The van der Waals surface area contributed by atoms with Crippen LogP contribution in [0.15, 0.2) is 18.2 Å². The molecule has 21 heavy (non-hydrogen) atoms. The normalized spacial score (nSPS) is 16.3. The van der Waals surface area contributed by atoms with Gasteiger partial charge in [0.05, 0.1) is 6.54 Å². The molecule has 1 amide bonds. The van der Waals surface area contributed by atoms with Crippen molar-refractivity contribution in [1.82, 2.24) is 10.2 Å². The molecular weight excluding hydrogens is 293 g/mol. The summed E-state index contributed by atoms with van der Waals surface area (Å²) < 4.78 is 13.4. The number of hydrogen-bond acceptors (Lipinski definition) is 3. The molecule has 4 nitrogen and oxygen atoms in total. The summed E-state index contributed by atoms with van der Waals surface area (Å²) in [7, 11) is 1.97. The van der Waals surface area contributed by atoms with Crippen LogP contribution in [0.4, 0.5) is 10.1 Å². The number of carbonyl (C=O) groups is 1. The van der Waals surface area contributed by atoms with Crippen molar-refractivity contribution in [2.75, 3.05) is 32.0 Å². The number of amides is 1. The molecule has 6 heteroatoms. The third-order valence-electron chi connectivity index (χ3n) is 3.82. The maximum atomic E-state index is 13.4. The Morgan fingerprint density at radius 2 is 2.05 bits per heavy atom. The number of benzene rings is 1. The van der Waals surface area contributed by atoms with Crippen LogP contribution in [0.5, 0.6) is 0 Å². The van der Waals surface area contributed by atoms with E-state index >= 15 is 0 Å². The zero-order chi connectivity index (χ0) is 14.5. The van der Waals surface area contributed by atoms with Gasteiger partial charge >= 0.3 is 0 Å². The third-order valence-corrected chi connectivity index (χ3v) is 3.82. The Kier molecular flexibility index (Phi) is 7.08. The molecule has 2 N–H and O–H groups in total.